The molecule has 2 aromatic rings. The average molecular weight is 289 g/mol. The molecule has 0 bridgehead atoms. The number of amides is 1. The lowest BCUT2D eigenvalue weighted by molar-refractivity contribution is 0.102. The van der Waals surface area contributed by atoms with E-state index in [1.807, 2.05) is 38.1 Å². The summed E-state index contributed by atoms with van der Waals surface area (Å²) in [6.45, 7) is 4.06. The van der Waals surface area contributed by atoms with Gasteiger partial charge in [0.15, 0.2) is 0 Å². The van der Waals surface area contributed by atoms with Crippen LogP contribution in [-0.4, -0.2) is 21.9 Å². The zero-order valence-corrected chi connectivity index (χ0v) is 12.8. The van der Waals surface area contributed by atoms with E-state index < -0.39 is 0 Å². The summed E-state index contributed by atoms with van der Waals surface area (Å²) in [6, 6.07) is 9.72. The summed E-state index contributed by atoms with van der Waals surface area (Å²) in [4.78, 5) is 12.2. The van der Waals surface area contributed by atoms with Crippen molar-refractivity contribution in [2.24, 2.45) is 0 Å². The molecular weight excluding hydrogens is 270 g/mol. The van der Waals surface area contributed by atoms with Gasteiger partial charge in [0.1, 0.15) is 5.82 Å². The van der Waals surface area contributed by atoms with Gasteiger partial charge >= 0.3 is 0 Å². The molecule has 0 unspecified atom stereocenters. The van der Waals surface area contributed by atoms with Crippen molar-refractivity contribution in [3.63, 3.8) is 0 Å². The topological polar surface area (TPSA) is 46.9 Å². The molecule has 20 heavy (non-hydrogen) atoms. The van der Waals surface area contributed by atoms with E-state index in [0.29, 0.717) is 5.56 Å². The summed E-state index contributed by atoms with van der Waals surface area (Å²) in [5.74, 6) is 1.57. The lowest BCUT2D eigenvalue weighted by atomic mass is 10.1. The molecule has 106 valence electrons. The molecule has 1 heterocycles. The standard InChI is InChI=1S/C15H19N3OS/c1-11(2)18-14(8-9-16-18)17-15(19)13-6-4-12(5-7-13)10-20-3/h4-9,11H,10H2,1-3H3,(H,17,19). The largest absolute Gasteiger partial charge is 0.307 e. The van der Waals surface area contributed by atoms with E-state index in [-0.39, 0.29) is 11.9 Å². The van der Waals surface area contributed by atoms with Crippen LogP contribution >= 0.6 is 11.8 Å². The SMILES string of the molecule is CSCc1ccc(C(=O)Nc2ccnn2C(C)C)cc1. The molecule has 0 saturated heterocycles. The van der Waals surface area contributed by atoms with Gasteiger partial charge in [0, 0.05) is 23.4 Å². The minimum absolute atomic E-state index is 0.108. The third-order valence-corrected chi connectivity index (χ3v) is 3.55. The van der Waals surface area contributed by atoms with E-state index in [0.717, 1.165) is 11.6 Å². The summed E-state index contributed by atoms with van der Waals surface area (Å²) in [5, 5.41) is 7.10. The van der Waals surface area contributed by atoms with Gasteiger partial charge in [0.2, 0.25) is 0 Å². The number of nitrogens with one attached hydrogen (secondary N) is 1. The molecule has 0 aliphatic rings. The Bertz CT molecular complexity index is 575. The molecule has 0 fully saturated rings. The third-order valence-electron chi connectivity index (χ3n) is 2.93. The molecule has 1 N–H and O–H groups in total. The van der Waals surface area contributed by atoms with Gasteiger partial charge in [-0.2, -0.15) is 16.9 Å². The first-order chi connectivity index (χ1) is 9.61. The maximum absolute atomic E-state index is 12.2. The molecular formula is C15H19N3OS. The van der Waals surface area contributed by atoms with Gasteiger partial charge in [-0.3, -0.25) is 4.79 Å². The Morgan fingerprint density at radius 2 is 2.00 bits per heavy atom. The van der Waals surface area contributed by atoms with Gasteiger partial charge < -0.3 is 5.32 Å². The maximum Gasteiger partial charge on any atom is 0.256 e. The van der Waals surface area contributed by atoms with Crippen LogP contribution in [0.15, 0.2) is 36.5 Å². The van der Waals surface area contributed by atoms with Crippen molar-refractivity contribution in [2.45, 2.75) is 25.6 Å². The third kappa shape index (κ3) is 3.42. The Hall–Kier alpha value is -1.75. The van der Waals surface area contributed by atoms with Crippen LogP contribution in [0, 0.1) is 0 Å². The normalized spacial score (nSPS) is 10.8. The van der Waals surface area contributed by atoms with Gasteiger partial charge in [-0.15, -0.1) is 0 Å². The number of anilines is 1. The number of nitrogens with zero attached hydrogens (tertiary/aromatic N) is 2. The van der Waals surface area contributed by atoms with Crippen molar-refractivity contribution in [3.05, 3.63) is 47.7 Å². The fourth-order valence-corrected chi connectivity index (χ4v) is 2.46. The zero-order chi connectivity index (χ0) is 14.5. The molecule has 4 nitrogen and oxygen atoms in total. The Morgan fingerprint density at radius 3 is 2.60 bits per heavy atom. The first-order valence-electron chi connectivity index (χ1n) is 6.54. The Morgan fingerprint density at radius 1 is 1.30 bits per heavy atom. The highest BCUT2D eigenvalue weighted by molar-refractivity contribution is 7.97. The lowest BCUT2D eigenvalue weighted by Crippen LogP contribution is -2.16. The van der Waals surface area contributed by atoms with Gasteiger partial charge in [0.05, 0.1) is 6.20 Å². The van der Waals surface area contributed by atoms with Crippen LogP contribution in [0.4, 0.5) is 5.82 Å². The van der Waals surface area contributed by atoms with E-state index in [9.17, 15) is 4.79 Å². The van der Waals surface area contributed by atoms with E-state index in [2.05, 4.69) is 16.7 Å². The summed E-state index contributed by atoms with van der Waals surface area (Å²) in [7, 11) is 0. The van der Waals surface area contributed by atoms with Gasteiger partial charge in [0.25, 0.3) is 5.91 Å². The number of hydrogen-bond donors (Lipinski definition) is 1. The maximum atomic E-state index is 12.2. The molecule has 0 aliphatic carbocycles. The van der Waals surface area contributed by atoms with Crippen LogP contribution in [0.1, 0.15) is 35.8 Å². The van der Waals surface area contributed by atoms with Crippen molar-refractivity contribution < 1.29 is 4.79 Å². The number of carbonyl (C=O) groups excluding carboxylic acids is 1. The average Bonchev–Trinajstić information content (AvgIpc) is 2.88. The fraction of sp³-hybridized carbons (Fsp3) is 0.333. The molecule has 0 saturated carbocycles. The predicted octanol–water partition coefficient (Wildman–Crippen LogP) is 3.58. The minimum Gasteiger partial charge on any atom is -0.307 e. The zero-order valence-electron chi connectivity index (χ0n) is 12.0. The summed E-state index contributed by atoms with van der Waals surface area (Å²) in [5.41, 5.74) is 1.88. The molecule has 5 heteroatoms. The molecule has 1 aromatic carbocycles. The second-order valence-corrected chi connectivity index (χ2v) is 5.70. The van der Waals surface area contributed by atoms with Crippen molar-refractivity contribution in [1.29, 1.82) is 0 Å². The smallest absolute Gasteiger partial charge is 0.256 e. The minimum atomic E-state index is -0.108. The number of aromatic nitrogens is 2. The quantitative estimate of drug-likeness (QED) is 0.915. The highest BCUT2D eigenvalue weighted by Gasteiger charge is 2.11. The molecule has 0 atom stereocenters. The molecule has 0 radical (unpaired) electrons. The van der Waals surface area contributed by atoms with Crippen molar-refractivity contribution >= 4 is 23.5 Å². The monoisotopic (exact) mass is 289 g/mol. The van der Waals surface area contributed by atoms with Crippen LogP contribution in [0.5, 0.6) is 0 Å². The number of hydrogen-bond acceptors (Lipinski definition) is 3. The van der Waals surface area contributed by atoms with E-state index >= 15 is 0 Å². The fourth-order valence-electron chi connectivity index (χ4n) is 1.93. The van der Waals surface area contributed by atoms with Crippen molar-refractivity contribution in [2.75, 3.05) is 11.6 Å². The van der Waals surface area contributed by atoms with E-state index in [4.69, 9.17) is 0 Å². The molecule has 0 aliphatic heterocycles. The highest BCUT2D eigenvalue weighted by Crippen LogP contribution is 2.15. The number of thioether (sulfide) groups is 1. The highest BCUT2D eigenvalue weighted by atomic mass is 32.2. The van der Waals surface area contributed by atoms with Gasteiger partial charge in [-0.1, -0.05) is 12.1 Å². The van der Waals surface area contributed by atoms with Crippen LogP contribution in [0.2, 0.25) is 0 Å². The van der Waals surface area contributed by atoms with Crippen molar-refractivity contribution in [3.8, 4) is 0 Å². The van der Waals surface area contributed by atoms with Crippen LogP contribution in [0.3, 0.4) is 0 Å². The van der Waals surface area contributed by atoms with Crippen molar-refractivity contribution in [1.82, 2.24) is 9.78 Å². The van der Waals surface area contributed by atoms with Gasteiger partial charge in [-0.25, -0.2) is 4.68 Å². The molecule has 1 aromatic heterocycles. The first-order valence-corrected chi connectivity index (χ1v) is 7.94. The number of benzene rings is 1. The Balaban J connectivity index is 2.09. The van der Waals surface area contributed by atoms with Crippen LogP contribution in [0.25, 0.3) is 0 Å². The van der Waals surface area contributed by atoms with Crippen LogP contribution in [-0.2, 0) is 5.75 Å². The number of carbonyl (C=O) groups is 1. The molecule has 0 spiro atoms. The predicted molar refractivity (Wildman–Crippen MR) is 84.2 cm³/mol. The van der Waals surface area contributed by atoms with E-state index in [1.165, 1.54) is 5.56 Å². The summed E-state index contributed by atoms with van der Waals surface area (Å²) >= 11 is 1.77. The molecule has 2 rings (SSSR count). The van der Waals surface area contributed by atoms with E-state index in [1.54, 1.807) is 28.7 Å². The van der Waals surface area contributed by atoms with Crippen LogP contribution < -0.4 is 5.32 Å². The lowest BCUT2D eigenvalue weighted by Gasteiger charge is -2.11. The Labute approximate surface area is 123 Å². The first kappa shape index (κ1) is 14.7. The second kappa shape index (κ2) is 6.61. The summed E-state index contributed by atoms with van der Waals surface area (Å²) in [6.07, 6.45) is 3.75. The molecule has 1 amide bonds. The Kier molecular flexibility index (Phi) is 4.84. The second-order valence-electron chi connectivity index (χ2n) is 4.84. The number of rotatable bonds is 5. The summed E-state index contributed by atoms with van der Waals surface area (Å²) < 4.78 is 1.79. The van der Waals surface area contributed by atoms with Gasteiger partial charge in [-0.05, 0) is 37.8 Å².